The highest BCUT2D eigenvalue weighted by atomic mass is 14.2. The van der Waals surface area contributed by atoms with E-state index in [0.717, 1.165) is 5.92 Å². The van der Waals surface area contributed by atoms with E-state index < -0.39 is 0 Å². The van der Waals surface area contributed by atoms with Gasteiger partial charge in [0, 0.05) is 0 Å². The van der Waals surface area contributed by atoms with Gasteiger partial charge in [-0.2, -0.15) is 0 Å². The average molecular weight is 260 g/mol. The van der Waals surface area contributed by atoms with Gasteiger partial charge in [-0.15, -0.1) is 0 Å². The van der Waals surface area contributed by atoms with Gasteiger partial charge >= 0.3 is 0 Å². The summed E-state index contributed by atoms with van der Waals surface area (Å²) in [6.45, 7) is 9.05. The van der Waals surface area contributed by atoms with Crippen LogP contribution in [0.15, 0.2) is 18.2 Å². The molecule has 0 aliphatic heterocycles. The SMILES string of the molecule is CCCCCCCC(CCC)c1cc(C)cc(C)c1. The predicted octanol–water partition coefficient (Wildman–Crippen LogP) is 6.55. The fourth-order valence-electron chi connectivity index (χ4n) is 3.07. The molecular weight excluding hydrogens is 228 g/mol. The maximum Gasteiger partial charge on any atom is -0.0162 e. The molecule has 0 N–H and O–H groups in total. The minimum absolute atomic E-state index is 0.783. The van der Waals surface area contributed by atoms with Crippen molar-refractivity contribution in [2.24, 2.45) is 0 Å². The van der Waals surface area contributed by atoms with E-state index in [2.05, 4.69) is 45.9 Å². The van der Waals surface area contributed by atoms with Gasteiger partial charge in [-0.25, -0.2) is 0 Å². The summed E-state index contributed by atoms with van der Waals surface area (Å²) in [7, 11) is 0. The summed E-state index contributed by atoms with van der Waals surface area (Å²) in [6.07, 6.45) is 11.0. The molecule has 0 radical (unpaired) electrons. The van der Waals surface area contributed by atoms with E-state index in [0.29, 0.717) is 0 Å². The number of hydrogen-bond acceptors (Lipinski definition) is 0. The third-order valence-corrected chi connectivity index (χ3v) is 4.01. The second-order valence-electron chi connectivity index (χ2n) is 6.11. The van der Waals surface area contributed by atoms with Crippen LogP contribution in [0.5, 0.6) is 0 Å². The molecule has 0 heterocycles. The van der Waals surface area contributed by atoms with Crippen molar-refractivity contribution in [2.45, 2.75) is 85.0 Å². The summed E-state index contributed by atoms with van der Waals surface area (Å²) >= 11 is 0. The van der Waals surface area contributed by atoms with Gasteiger partial charge in [0.2, 0.25) is 0 Å². The third-order valence-electron chi connectivity index (χ3n) is 4.01. The molecular formula is C19H32. The Morgan fingerprint density at radius 1 is 0.737 bits per heavy atom. The summed E-state index contributed by atoms with van der Waals surface area (Å²) < 4.78 is 0. The van der Waals surface area contributed by atoms with Crippen LogP contribution in [0.3, 0.4) is 0 Å². The first kappa shape index (κ1) is 16.3. The first-order valence-corrected chi connectivity index (χ1v) is 8.25. The summed E-state index contributed by atoms with van der Waals surface area (Å²) in [5.74, 6) is 0.783. The zero-order valence-electron chi connectivity index (χ0n) is 13.5. The zero-order valence-corrected chi connectivity index (χ0v) is 13.5. The van der Waals surface area contributed by atoms with Crippen LogP contribution in [0.4, 0.5) is 0 Å². The molecule has 19 heavy (non-hydrogen) atoms. The van der Waals surface area contributed by atoms with E-state index >= 15 is 0 Å². The van der Waals surface area contributed by atoms with E-state index in [-0.39, 0.29) is 0 Å². The first-order valence-electron chi connectivity index (χ1n) is 8.25. The zero-order chi connectivity index (χ0) is 14.1. The number of rotatable bonds is 9. The van der Waals surface area contributed by atoms with E-state index in [1.165, 1.54) is 62.5 Å². The normalized spacial score (nSPS) is 12.6. The average Bonchev–Trinajstić information content (AvgIpc) is 2.36. The van der Waals surface area contributed by atoms with Gasteiger partial charge < -0.3 is 0 Å². The summed E-state index contributed by atoms with van der Waals surface area (Å²) in [6, 6.07) is 7.09. The maximum atomic E-state index is 2.40. The summed E-state index contributed by atoms with van der Waals surface area (Å²) in [5.41, 5.74) is 4.42. The smallest absolute Gasteiger partial charge is 0.0162 e. The predicted molar refractivity (Wildman–Crippen MR) is 86.9 cm³/mol. The van der Waals surface area contributed by atoms with Crippen molar-refractivity contribution < 1.29 is 0 Å². The molecule has 0 saturated carbocycles. The Morgan fingerprint density at radius 3 is 1.95 bits per heavy atom. The molecule has 0 nitrogen and oxygen atoms in total. The largest absolute Gasteiger partial charge is 0.0654 e. The molecule has 0 aliphatic carbocycles. The molecule has 0 saturated heterocycles. The monoisotopic (exact) mass is 260 g/mol. The van der Waals surface area contributed by atoms with Gasteiger partial charge in [0.05, 0.1) is 0 Å². The molecule has 0 aromatic heterocycles. The highest BCUT2D eigenvalue weighted by Crippen LogP contribution is 2.29. The second-order valence-corrected chi connectivity index (χ2v) is 6.11. The lowest BCUT2D eigenvalue weighted by molar-refractivity contribution is 0.515. The Kier molecular flexibility index (Phi) is 7.86. The molecule has 1 atom stereocenters. The Balaban J connectivity index is 2.55. The molecule has 108 valence electrons. The van der Waals surface area contributed by atoms with Gasteiger partial charge in [-0.1, -0.05) is 81.7 Å². The van der Waals surface area contributed by atoms with Crippen LogP contribution >= 0.6 is 0 Å². The van der Waals surface area contributed by atoms with Crippen LogP contribution in [0.25, 0.3) is 0 Å². The molecule has 1 unspecified atom stereocenters. The van der Waals surface area contributed by atoms with Crippen molar-refractivity contribution in [1.29, 1.82) is 0 Å². The Morgan fingerprint density at radius 2 is 1.37 bits per heavy atom. The van der Waals surface area contributed by atoms with Crippen molar-refractivity contribution in [3.63, 3.8) is 0 Å². The molecule has 1 rings (SSSR count). The van der Waals surface area contributed by atoms with Crippen molar-refractivity contribution in [1.82, 2.24) is 0 Å². The fraction of sp³-hybridized carbons (Fsp3) is 0.684. The lowest BCUT2D eigenvalue weighted by Gasteiger charge is -2.18. The molecule has 0 spiro atoms. The number of aryl methyl sites for hydroxylation is 2. The molecule has 0 fully saturated rings. The maximum absolute atomic E-state index is 2.40. The Hall–Kier alpha value is -0.780. The number of benzene rings is 1. The molecule has 1 aromatic carbocycles. The molecule has 0 heteroatoms. The highest BCUT2D eigenvalue weighted by Gasteiger charge is 2.11. The van der Waals surface area contributed by atoms with Crippen molar-refractivity contribution in [3.8, 4) is 0 Å². The Labute approximate surface area is 120 Å². The van der Waals surface area contributed by atoms with Crippen molar-refractivity contribution in [3.05, 3.63) is 34.9 Å². The van der Waals surface area contributed by atoms with Crippen LogP contribution in [-0.4, -0.2) is 0 Å². The van der Waals surface area contributed by atoms with E-state index in [1.54, 1.807) is 5.56 Å². The number of hydrogen-bond donors (Lipinski definition) is 0. The number of unbranched alkanes of at least 4 members (excludes halogenated alkanes) is 4. The van der Waals surface area contributed by atoms with Gasteiger partial charge in [0.1, 0.15) is 0 Å². The third kappa shape index (κ3) is 6.27. The van der Waals surface area contributed by atoms with E-state index in [9.17, 15) is 0 Å². The lowest BCUT2D eigenvalue weighted by Crippen LogP contribution is -2.00. The van der Waals surface area contributed by atoms with E-state index in [4.69, 9.17) is 0 Å². The molecule has 0 aliphatic rings. The molecule has 0 amide bonds. The summed E-state index contributed by atoms with van der Waals surface area (Å²) in [4.78, 5) is 0. The van der Waals surface area contributed by atoms with Crippen LogP contribution < -0.4 is 0 Å². The van der Waals surface area contributed by atoms with Crippen LogP contribution in [0, 0.1) is 13.8 Å². The van der Waals surface area contributed by atoms with Gasteiger partial charge in [-0.05, 0) is 38.2 Å². The van der Waals surface area contributed by atoms with Crippen molar-refractivity contribution in [2.75, 3.05) is 0 Å². The van der Waals surface area contributed by atoms with Crippen LogP contribution in [0.2, 0.25) is 0 Å². The van der Waals surface area contributed by atoms with Crippen LogP contribution in [0.1, 0.15) is 87.8 Å². The van der Waals surface area contributed by atoms with Gasteiger partial charge in [-0.3, -0.25) is 0 Å². The quantitative estimate of drug-likeness (QED) is 0.442. The lowest BCUT2D eigenvalue weighted by atomic mass is 9.87. The molecule has 0 bridgehead atoms. The summed E-state index contributed by atoms with van der Waals surface area (Å²) in [5, 5.41) is 0. The second kappa shape index (κ2) is 9.18. The molecule has 1 aromatic rings. The standard InChI is InChI=1S/C19H32/c1-5-7-8-9-10-12-18(11-6-2)19-14-16(3)13-17(4)15-19/h13-15,18H,5-12H2,1-4H3. The highest BCUT2D eigenvalue weighted by molar-refractivity contribution is 5.30. The van der Waals surface area contributed by atoms with Crippen LogP contribution in [-0.2, 0) is 0 Å². The fourth-order valence-corrected chi connectivity index (χ4v) is 3.07. The van der Waals surface area contributed by atoms with Gasteiger partial charge in [0.15, 0.2) is 0 Å². The van der Waals surface area contributed by atoms with Gasteiger partial charge in [0.25, 0.3) is 0 Å². The minimum Gasteiger partial charge on any atom is -0.0654 e. The minimum atomic E-state index is 0.783. The topological polar surface area (TPSA) is 0 Å². The first-order chi connectivity index (χ1) is 9.17. The Bertz CT molecular complexity index is 331. The van der Waals surface area contributed by atoms with Crippen molar-refractivity contribution >= 4 is 0 Å². The van der Waals surface area contributed by atoms with E-state index in [1.807, 2.05) is 0 Å².